The summed E-state index contributed by atoms with van der Waals surface area (Å²) < 4.78 is 0. The van der Waals surface area contributed by atoms with Gasteiger partial charge in [-0.15, -0.1) is 0 Å². The van der Waals surface area contributed by atoms with E-state index in [4.69, 9.17) is 23.2 Å². The molecule has 4 rings (SSSR count). The van der Waals surface area contributed by atoms with E-state index < -0.39 is 0 Å². The maximum Gasteiger partial charge on any atom is 0.232 e. The van der Waals surface area contributed by atoms with Gasteiger partial charge < -0.3 is 0 Å². The van der Waals surface area contributed by atoms with Gasteiger partial charge in [-0.3, -0.25) is 14.5 Å². The van der Waals surface area contributed by atoms with Crippen molar-refractivity contribution in [2.45, 2.75) is 39.0 Å². The molecule has 0 radical (unpaired) electrons. The monoisotopic (exact) mass is 413 g/mol. The molecule has 1 aliphatic heterocycles. The van der Waals surface area contributed by atoms with Gasteiger partial charge >= 0.3 is 0 Å². The van der Waals surface area contributed by atoms with Crippen LogP contribution in [0.15, 0.2) is 59.8 Å². The Kier molecular flexibility index (Phi) is 4.84. The van der Waals surface area contributed by atoms with Crippen LogP contribution in [-0.2, 0) is 9.59 Å². The van der Waals surface area contributed by atoms with Crippen molar-refractivity contribution in [2.24, 2.45) is 5.41 Å². The largest absolute Gasteiger partial charge is 0.294 e. The topological polar surface area (TPSA) is 37.4 Å². The van der Waals surface area contributed by atoms with E-state index in [-0.39, 0.29) is 29.4 Å². The van der Waals surface area contributed by atoms with Gasteiger partial charge in [0.2, 0.25) is 5.91 Å². The SMILES string of the molecule is CC1(C)CC(=O)C2=C(C1)N(c1ccc(Cl)cc1Cl)C(=O)CC2c1ccccc1. The molecular weight excluding hydrogens is 393 g/mol. The summed E-state index contributed by atoms with van der Waals surface area (Å²) in [6, 6.07) is 14.9. The number of amides is 1. The van der Waals surface area contributed by atoms with Crippen molar-refractivity contribution in [3.63, 3.8) is 0 Å². The molecule has 0 fully saturated rings. The number of ketones is 1. The van der Waals surface area contributed by atoms with Crippen LogP contribution >= 0.6 is 23.2 Å². The van der Waals surface area contributed by atoms with Crippen molar-refractivity contribution < 1.29 is 9.59 Å². The van der Waals surface area contributed by atoms with Gasteiger partial charge in [0.1, 0.15) is 0 Å². The van der Waals surface area contributed by atoms with Crippen molar-refractivity contribution in [3.8, 4) is 0 Å². The van der Waals surface area contributed by atoms with Crippen molar-refractivity contribution in [2.75, 3.05) is 4.90 Å². The van der Waals surface area contributed by atoms with Gasteiger partial charge in [0.15, 0.2) is 5.78 Å². The number of Topliss-reactive ketones (excluding diaryl/α,β-unsaturated/α-hetero) is 1. The Hall–Kier alpha value is -2.10. The standard InChI is InChI=1S/C23H21Cl2NO2/c1-23(2)12-19-22(20(27)13-23)16(14-6-4-3-5-7-14)11-21(28)26(19)18-9-8-15(24)10-17(18)25/h3-10,16H,11-13H2,1-2H3. The van der Waals surface area contributed by atoms with Crippen molar-refractivity contribution in [3.05, 3.63) is 75.4 Å². The quantitative estimate of drug-likeness (QED) is 0.591. The molecule has 1 heterocycles. The third kappa shape index (κ3) is 3.38. The first-order valence-electron chi connectivity index (χ1n) is 9.36. The average Bonchev–Trinajstić information content (AvgIpc) is 2.62. The number of nitrogens with zero attached hydrogens (tertiary/aromatic N) is 1. The highest BCUT2D eigenvalue weighted by Crippen LogP contribution is 2.49. The van der Waals surface area contributed by atoms with Gasteiger partial charge in [-0.05, 0) is 35.6 Å². The summed E-state index contributed by atoms with van der Waals surface area (Å²) in [5.74, 6) is -0.153. The van der Waals surface area contributed by atoms with E-state index in [1.165, 1.54) is 0 Å². The van der Waals surface area contributed by atoms with Crippen LogP contribution in [0.2, 0.25) is 10.0 Å². The molecule has 144 valence electrons. The van der Waals surface area contributed by atoms with Gasteiger partial charge in [0.25, 0.3) is 0 Å². The molecule has 0 spiro atoms. The highest BCUT2D eigenvalue weighted by Gasteiger charge is 2.44. The second-order valence-electron chi connectivity index (χ2n) is 8.29. The first-order valence-corrected chi connectivity index (χ1v) is 10.1. The van der Waals surface area contributed by atoms with Gasteiger partial charge in [0.05, 0.1) is 10.7 Å². The van der Waals surface area contributed by atoms with E-state index in [1.807, 2.05) is 30.3 Å². The number of carbonyl (C=O) groups is 2. The Morgan fingerprint density at radius 3 is 2.39 bits per heavy atom. The minimum atomic E-state index is -0.216. The number of carbonyl (C=O) groups excluding carboxylic acids is 2. The van der Waals surface area contributed by atoms with Crippen LogP contribution in [0.4, 0.5) is 5.69 Å². The molecule has 5 heteroatoms. The molecule has 0 saturated heterocycles. The van der Waals surface area contributed by atoms with Crippen molar-refractivity contribution in [1.29, 1.82) is 0 Å². The van der Waals surface area contributed by atoms with Crippen LogP contribution in [0.1, 0.15) is 44.6 Å². The van der Waals surface area contributed by atoms with E-state index in [2.05, 4.69) is 13.8 Å². The summed E-state index contributed by atoms with van der Waals surface area (Å²) in [4.78, 5) is 28.1. The van der Waals surface area contributed by atoms with E-state index in [1.54, 1.807) is 23.1 Å². The normalized spacial score (nSPS) is 21.7. The fourth-order valence-electron chi connectivity index (χ4n) is 4.33. The van der Waals surface area contributed by atoms with Crippen LogP contribution in [0.5, 0.6) is 0 Å². The Bertz CT molecular complexity index is 995. The zero-order chi connectivity index (χ0) is 20.1. The smallest absolute Gasteiger partial charge is 0.232 e. The first kappa shape index (κ1) is 19.2. The molecule has 0 N–H and O–H groups in total. The molecule has 1 amide bonds. The van der Waals surface area contributed by atoms with Crippen LogP contribution in [0, 0.1) is 5.41 Å². The molecule has 1 atom stereocenters. The zero-order valence-corrected chi connectivity index (χ0v) is 17.3. The summed E-state index contributed by atoms with van der Waals surface area (Å²) in [6.07, 6.45) is 1.36. The lowest BCUT2D eigenvalue weighted by Gasteiger charge is -2.43. The Balaban J connectivity index is 1.92. The summed E-state index contributed by atoms with van der Waals surface area (Å²) in [6.45, 7) is 4.12. The van der Waals surface area contributed by atoms with Crippen LogP contribution < -0.4 is 4.90 Å². The van der Waals surface area contributed by atoms with Crippen LogP contribution in [-0.4, -0.2) is 11.7 Å². The third-order valence-corrected chi connectivity index (χ3v) is 6.03. The molecule has 0 bridgehead atoms. The van der Waals surface area contributed by atoms with Crippen LogP contribution in [0.3, 0.4) is 0 Å². The highest BCUT2D eigenvalue weighted by atomic mass is 35.5. The molecule has 1 aliphatic carbocycles. The highest BCUT2D eigenvalue weighted by molar-refractivity contribution is 6.37. The number of allylic oxidation sites excluding steroid dienone is 2. The van der Waals surface area contributed by atoms with Gasteiger partial charge in [-0.25, -0.2) is 0 Å². The second-order valence-corrected chi connectivity index (χ2v) is 9.14. The molecule has 0 saturated carbocycles. The fraction of sp³-hybridized carbons (Fsp3) is 0.304. The van der Waals surface area contributed by atoms with Crippen molar-refractivity contribution in [1.82, 2.24) is 0 Å². The minimum absolute atomic E-state index is 0.0534. The lowest BCUT2D eigenvalue weighted by molar-refractivity contribution is -0.121. The zero-order valence-electron chi connectivity index (χ0n) is 15.8. The molecule has 2 aliphatic rings. The molecule has 0 aromatic heterocycles. The van der Waals surface area contributed by atoms with Gasteiger partial charge in [-0.2, -0.15) is 0 Å². The number of rotatable bonds is 2. The van der Waals surface area contributed by atoms with E-state index >= 15 is 0 Å². The number of halogens is 2. The number of hydrogen-bond donors (Lipinski definition) is 0. The molecule has 3 nitrogen and oxygen atoms in total. The maximum atomic E-state index is 13.3. The molecule has 2 aromatic carbocycles. The average molecular weight is 414 g/mol. The number of hydrogen-bond acceptors (Lipinski definition) is 2. The Labute approximate surface area is 174 Å². The fourth-order valence-corrected chi connectivity index (χ4v) is 4.82. The van der Waals surface area contributed by atoms with Crippen molar-refractivity contribution >= 4 is 40.6 Å². The summed E-state index contributed by atoms with van der Waals surface area (Å²) >= 11 is 12.5. The number of anilines is 1. The predicted molar refractivity (Wildman–Crippen MR) is 113 cm³/mol. The van der Waals surface area contributed by atoms with Crippen LogP contribution in [0.25, 0.3) is 0 Å². The predicted octanol–water partition coefficient (Wildman–Crippen LogP) is 6.16. The minimum Gasteiger partial charge on any atom is -0.294 e. The first-order chi connectivity index (χ1) is 13.3. The number of benzene rings is 2. The van der Waals surface area contributed by atoms with E-state index in [9.17, 15) is 9.59 Å². The second kappa shape index (κ2) is 7.06. The Morgan fingerprint density at radius 2 is 1.71 bits per heavy atom. The summed E-state index contributed by atoms with van der Waals surface area (Å²) in [7, 11) is 0. The maximum absolute atomic E-state index is 13.3. The lowest BCUT2D eigenvalue weighted by Crippen LogP contribution is -2.43. The molecule has 28 heavy (non-hydrogen) atoms. The lowest BCUT2D eigenvalue weighted by atomic mass is 9.69. The summed E-state index contributed by atoms with van der Waals surface area (Å²) in [5.41, 5.74) is 2.89. The molecule has 2 aromatic rings. The van der Waals surface area contributed by atoms with E-state index in [0.29, 0.717) is 28.6 Å². The van der Waals surface area contributed by atoms with Gasteiger partial charge in [0, 0.05) is 35.1 Å². The summed E-state index contributed by atoms with van der Waals surface area (Å²) in [5, 5.41) is 0.913. The third-order valence-electron chi connectivity index (χ3n) is 5.50. The Morgan fingerprint density at radius 1 is 1.00 bits per heavy atom. The molecular formula is C23H21Cl2NO2. The van der Waals surface area contributed by atoms with Gasteiger partial charge in [-0.1, -0.05) is 67.4 Å². The molecule has 1 unspecified atom stereocenters. The van der Waals surface area contributed by atoms with E-state index in [0.717, 1.165) is 16.8 Å².